The third-order valence-electron chi connectivity index (χ3n) is 17.2. The Morgan fingerprint density at radius 2 is 0.852 bits per heavy atom. The summed E-state index contributed by atoms with van der Waals surface area (Å²) in [6.07, 6.45) is 20.3. The molecule has 0 aromatic rings. The lowest BCUT2D eigenvalue weighted by atomic mass is 9.80. The third kappa shape index (κ3) is 34.4. The monoisotopic (exact) mass is 1180 g/mol. The fourth-order valence-electron chi connectivity index (χ4n) is 10.2. The van der Waals surface area contributed by atoms with E-state index in [0.29, 0.717) is 24.2 Å². The minimum absolute atomic E-state index is 0.0972. The van der Waals surface area contributed by atoms with Crippen molar-refractivity contribution >= 4 is 0 Å². The zero-order valence-corrected chi connectivity index (χ0v) is 55.5. The summed E-state index contributed by atoms with van der Waals surface area (Å²) in [6, 6.07) is 0. The molecule has 0 spiro atoms. The molecule has 9 aliphatic carbocycles. The summed E-state index contributed by atoms with van der Waals surface area (Å²) in [7, 11) is 0. The minimum Gasteiger partial charge on any atom is -0.381 e. The average Bonchev–Trinajstić information content (AvgIpc) is 4.10. The molecule has 1 heterocycles. The van der Waals surface area contributed by atoms with E-state index >= 15 is 0 Å². The summed E-state index contributed by atoms with van der Waals surface area (Å²) in [4.78, 5) is 0. The molecule has 0 amide bonds. The molecule has 486 valence electrons. The van der Waals surface area contributed by atoms with Crippen LogP contribution in [0.5, 0.6) is 0 Å². The van der Waals surface area contributed by atoms with Crippen LogP contribution >= 0.6 is 0 Å². The van der Waals surface area contributed by atoms with E-state index in [-0.39, 0.29) is 36.0 Å². The van der Waals surface area contributed by atoms with Crippen LogP contribution in [0, 0.1) is 107 Å². The van der Waals surface area contributed by atoms with Crippen LogP contribution in [-0.4, -0.2) is 60.8 Å². The van der Waals surface area contributed by atoms with Crippen LogP contribution in [0.4, 0.5) is 48.3 Å². The summed E-state index contributed by atoms with van der Waals surface area (Å²) in [6.45, 7) is 42.8. The molecule has 0 N–H and O–H groups in total. The van der Waals surface area contributed by atoms with E-state index in [2.05, 4.69) is 69.2 Å². The third-order valence-corrected chi connectivity index (χ3v) is 17.2. The molecular weight excluding hydrogens is 1050 g/mol. The molecule has 1 aliphatic heterocycles. The van der Waals surface area contributed by atoms with Crippen molar-refractivity contribution in [1.29, 1.82) is 0 Å². The van der Waals surface area contributed by atoms with Crippen molar-refractivity contribution in [2.24, 2.45) is 107 Å². The maximum Gasteiger partial charge on any atom is 0.319 e. The van der Waals surface area contributed by atoms with Crippen molar-refractivity contribution in [1.82, 2.24) is 0 Å². The van der Waals surface area contributed by atoms with E-state index in [1.807, 2.05) is 41.5 Å². The maximum atomic E-state index is 12.8. The standard InChI is InChI=1S/C8H16.C7H10F4.2C7H12F2.2C7H13F.C7H14O.C7H14.C6H11F.C6H12/c1-7(2)6-8-4-3-5-8;1-4(2)3-5-6(8,9)7(5,10)11;1-5(2)7(8,9)6-3-4-6;1-4(2)3-5-6(8)7(5)9;1-6(2)5-7(8)3-4-7;1-5(2)7(8)6-3-4-6;1-6(2)3-7-4-8-5-7;1-6(2)5-7-3-4-7;1-5(2)6(7)3-4-6;1-5(2)6-3-4-6/h7-8H,3-6H2,1-2H3;4-5H,3H2,1-2H3;5-6H,3-4H2,1-2H3;4-7H,3H2,1-2H3;6H,3-5H2,1-2H3;5-7H,3-4H2,1-2H3;6-7H,3-5H2,1-2H3;6-7H,3-5H2,1-2H3;5H,3-4H2,1-2H3;5-6H,3-4H2,1-2H3. The van der Waals surface area contributed by atoms with Crippen LogP contribution in [0.3, 0.4) is 0 Å². The van der Waals surface area contributed by atoms with E-state index in [0.717, 1.165) is 118 Å². The lowest BCUT2D eigenvalue weighted by molar-refractivity contribution is -0.0658. The molecule has 1 saturated heterocycles. The van der Waals surface area contributed by atoms with Gasteiger partial charge in [-0.15, -0.1) is 0 Å². The predicted molar refractivity (Wildman–Crippen MR) is 321 cm³/mol. The van der Waals surface area contributed by atoms with Crippen LogP contribution < -0.4 is 0 Å². The average molecular weight is 1180 g/mol. The predicted octanol–water partition coefficient (Wildman–Crippen LogP) is 24.0. The highest BCUT2D eigenvalue weighted by Crippen LogP contribution is 2.64. The molecule has 10 aliphatic rings. The number of hydrogen-bond acceptors (Lipinski definition) is 1. The van der Waals surface area contributed by atoms with Gasteiger partial charge in [0.25, 0.3) is 5.92 Å². The lowest BCUT2D eigenvalue weighted by Gasteiger charge is -2.27. The van der Waals surface area contributed by atoms with Gasteiger partial charge in [0.05, 0.1) is 19.1 Å². The van der Waals surface area contributed by atoms with Crippen LogP contribution in [0.1, 0.15) is 273 Å². The van der Waals surface area contributed by atoms with E-state index in [1.54, 1.807) is 27.7 Å². The van der Waals surface area contributed by atoms with Gasteiger partial charge in [-0.1, -0.05) is 171 Å². The normalized spacial score (nSPS) is 25.4. The van der Waals surface area contributed by atoms with Crippen molar-refractivity contribution in [3.63, 3.8) is 0 Å². The zero-order chi connectivity index (χ0) is 62.6. The second-order valence-electron chi connectivity index (χ2n) is 30.8. The number of halogens is 11. The maximum absolute atomic E-state index is 12.8. The Bertz CT molecular complexity index is 1550. The van der Waals surface area contributed by atoms with Gasteiger partial charge >= 0.3 is 11.8 Å². The second kappa shape index (κ2) is 35.9. The quantitative estimate of drug-likeness (QED) is 0.124. The number of hydrogen-bond donors (Lipinski definition) is 0. The zero-order valence-electron chi connectivity index (χ0n) is 55.5. The van der Waals surface area contributed by atoms with Gasteiger partial charge in [0.1, 0.15) is 29.9 Å². The molecule has 1 nitrogen and oxygen atoms in total. The fourth-order valence-corrected chi connectivity index (χ4v) is 10.2. The molecule has 0 aromatic carbocycles. The smallest absolute Gasteiger partial charge is 0.319 e. The number of ether oxygens (including phenoxy) is 1. The van der Waals surface area contributed by atoms with E-state index < -0.39 is 59.5 Å². The molecule has 0 bridgehead atoms. The van der Waals surface area contributed by atoms with E-state index in [1.165, 1.54) is 64.2 Å². The van der Waals surface area contributed by atoms with Gasteiger partial charge in [0.2, 0.25) is 0 Å². The molecule has 10 rings (SSSR count). The summed E-state index contributed by atoms with van der Waals surface area (Å²) in [5, 5.41) is 0. The molecule has 3 atom stereocenters. The van der Waals surface area contributed by atoms with E-state index in [9.17, 15) is 48.3 Å². The molecular formula is C69H127F11O. The number of rotatable bonds is 18. The van der Waals surface area contributed by atoms with Gasteiger partial charge in [0, 0.05) is 23.7 Å². The lowest BCUT2D eigenvalue weighted by Crippen LogP contribution is -2.28. The SMILES string of the molecule is CC(C)C(F)(F)C1CC1.CC(C)C(F)C1CC1.CC(C)C1(F)CC1.CC(C)C1CC1.CC(C)CC1(F)CC1.CC(C)CC1C(F)(F)C1(F)F.CC(C)CC1C(F)C1F.CC(C)CC1CC1.CC(C)CC1CCC1.CC(C)CC1COC1. The summed E-state index contributed by atoms with van der Waals surface area (Å²) < 4.78 is 142. The first-order valence-corrected chi connectivity index (χ1v) is 33.1. The first-order valence-electron chi connectivity index (χ1n) is 33.1. The van der Waals surface area contributed by atoms with Crippen LogP contribution in [0.2, 0.25) is 0 Å². The molecule has 9 saturated carbocycles. The van der Waals surface area contributed by atoms with Gasteiger partial charge in [-0.3, -0.25) is 0 Å². The van der Waals surface area contributed by atoms with Crippen molar-refractivity contribution in [3.8, 4) is 0 Å². The van der Waals surface area contributed by atoms with Crippen molar-refractivity contribution in [2.45, 2.75) is 321 Å². The highest BCUT2D eigenvalue weighted by Gasteiger charge is 2.84. The highest BCUT2D eigenvalue weighted by molar-refractivity contribution is 5.13. The Hall–Kier alpha value is -0.810. The minimum atomic E-state index is -3.74. The molecule has 12 heteroatoms. The molecule has 81 heavy (non-hydrogen) atoms. The van der Waals surface area contributed by atoms with Crippen LogP contribution in [0.25, 0.3) is 0 Å². The van der Waals surface area contributed by atoms with Crippen molar-refractivity contribution in [3.05, 3.63) is 0 Å². The molecule has 0 aromatic heterocycles. The van der Waals surface area contributed by atoms with Crippen LogP contribution in [-0.2, 0) is 4.74 Å². The largest absolute Gasteiger partial charge is 0.381 e. The Morgan fingerprint density at radius 1 is 0.457 bits per heavy atom. The van der Waals surface area contributed by atoms with Crippen LogP contribution in [0.15, 0.2) is 0 Å². The topological polar surface area (TPSA) is 9.23 Å². The van der Waals surface area contributed by atoms with Crippen molar-refractivity contribution < 1.29 is 53.0 Å². The van der Waals surface area contributed by atoms with Gasteiger partial charge in [-0.05, 0) is 180 Å². The fraction of sp³-hybridized carbons (Fsp3) is 1.00. The Labute approximate surface area is 491 Å². The first kappa shape index (κ1) is 78.2. The Morgan fingerprint density at radius 3 is 0.951 bits per heavy atom. The van der Waals surface area contributed by atoms with Gasteiger partial charge in [-0.2, -0.15) is 17.6 Å². The molecule has 10 fully saturated rings. The molecule has 0 radical (unpaired) electrons. The van der Waals surface area contributed by atoms with Gasteiger partial charge in [-0.25, -0.2) is 30.7 Å². The van der Waals surface area contributed by atoms with Gasteiger partial charge < -0.3 is 4.74 Å². The summed E-state index contributed by atoms with van der Waals surface area (Å²) >= 11 is 0. The summed E-state index contributed by atoms with van der Waals surface area (Å²) in [5.74, 6) is -2.96. The Kier molecular flexibility index (Phi) is 34.6. The number of alkyl halides is 11. The second-order valence-corrected chi connectivity index (χ2v) is 30.8. The highest BCUT2D eigenvalue weighted by atomic mass is 19.3. The Balaban J connectivity index is 0.000000451. The van der Waals surface area contributed by atoms with E-state index in [4.69, 9.17) is 4.74 Å². The first-order chi connectivity index (χ1) is 37.1. The molecule has 3 unspecified atom stereocenters. The summed E-state index contributed by atoms with van der Waals surface area (Å²) in [5.41, 5.74) is -1.48. The van der Waals surface area contributed by atoms with Crippen molar-refractivity contribution in [2.75, 3.05) is 13.2 Å². The van der Waals surface area contributed by atoms with Gasteiger partial charge in [0.15, 0.2) is 0 Å².